The average Bonchev–Trinajstić information content (AvgIpc) is 2.72. The van der Waals surface area contributed by atoms with Crippen LogP contribution in [0, 0.1) is 5.92 Å². The average molecular weight is 400 g/mol. The van der Waals surface area contributed by atoms with Crippen LogP contribution >= 0.6 is 12.2 Å². The zero-order valence-corrected chi connectivity index (χ0v) is 17.5. The first-order chi connectivity index (χ1) is 13.6. The Morgan fingerprint density at radius 1 is 1.21 bits per heavy atom. The van der Waals surface area contributed by atoms with Gasteiger partial charge in [-0.25, -0.2) is 0 Å². The quantitative estimate of drug-likeness (QED) is 0.544. The number of nitrogens with zero attached hydrogens (tertiary/aromatic N) is 3. The molecule has 1 saturated heterocycles. The Balaban J connectivity index is 1.52. The molecule has 1 aromatic heterocycles. The van der Waals surface area contributed by atoms with Gasteiger partial charge in [-0.3, -0.25) is 0 Å². The number of ether oxygens (including phenoxy) is 1. The maximum absolute atomic E-state index is 5.40. The van der Waals surface area contributed by atoms with Crippen LogP contribution in [0.15, 0.2) is 36.4 Å². The fourth-order valence-corrected chi connectivity index (χ4v) is 3.45. The monoisotopic (exact) mass is 399 g/mol. The van der Waals surface area contributed by atoms with Gasteiger partial charge in [-0.2, -0.15) is 9.97 Å². The molecule has 1 aliphatic heterocycles. The molecule has 0 saturated carbocycles. The van der Waals surface area contributed by atoms with Crippen molar-refractivity contribution in [2.75, 3.05) is 37.0 Å². The number of hydrogen-bond donors (Lipinski definition) is 2. The molecule has 0 amide bonds. The van der Waals surface area contributed by atoms with E-state index in [1.807, 2.05) is 12.1 Å². The summed E-state index contributed by atoms with van der Waals surface area (Å²) in [6, 6.07) is 12.3. The van der Waals surface area contributed by atoms with E-state index in [1.165, 1.54) is 18.4 Å². The first-order valence-corrected chi connectivity index (χ1v) is 10.3. The number of aryl methyl sites for hydroxylation is 1. The molecule has 28 heavy (non-hydrogen) atoms. The number of methoxy groups -OCH3 is 1. The zero-order chi connectivity index (χ0) is 19.8. The van der Waals surface area contributed by atoms with Gasteiger partial charge in [-0.15, -0.1) is 0 Å². The Bertz CT molecular complexity index is 763. The topological polar surface area (TPSA) is 62.3 Å². The molecule has 0 bridgehead atoms. The Morgan fingerprint density at radius 2 is 1.96 bits per heavy atom. The van der Waals surface area contributed by atoms with Gasteiger partial charge in [0.05, 0.1) is 7.11 Å². The Hall–Kier alpha value is -2.41. The van der Waals surface area contributed by atoms with Gasteiger partial charge in [0, 0.05) is 25.7 Å². The highest BCUT2D eigenvalue weighted by atomic mass is 32.1. The minimum Gasteiger partial charge on any atom is -0.481 e. The van der Waals surface area contributed by atoms with Crippen LogP contribution < -0.4 is 20.3 Å². The predicted molar refractivity (Wildman–Crippen MR) is 118 cm³/mol. The third kappa shape index (κ3) is 6.05. The highest BCUT2D eigenvalue weighted by Gasteiger charge is 2.19. The molecule has 3 rings (SSSR count). The highest BCUT2D eigenvalue weighted by molar-refractivity contribution is 7.80. The second-order valence-electron chi connectivity index (χ2n) is 7.23. The molecule has 2 heterocycles. The van der Waals surface area contributed by atoms with Crippen molar-refractivity contribution in [2.24, 2.45) is 5.92 Å². The van der Waals surface area contributed by atoms with E-state index in [1.54, 1.807) is 7.11 Å². The van der Waals surface area contributed by atoms with Crippen LogP contribution in [0.1, 0.15) is 31.7 Å². The molecule has 0 spiro atoms. The van der Waals surface area contributed by atoms with Gasteiger partial charge in [-0.1, -0.05) is 37.3 Å². The van der Waals surface area contributed by atoms with Crippen molar-refractivity contribution in [1.29, 1.82) is 0 Å². The maximum atomic E-state index is 5.40. The van der Waals surface area contributed by atoms with Crippen LogP contribution in [-0.2, 0) is 6.42 Å². The third-order valence-corrected chi connectivity index (χ3v) is 5.25. The lowest BCUT2D eigenvalue weighted by Gasteiger charge is -2.31. The Kier molecular flexibility index (Phi) is 7.42. The van der Waals surface area contributed by atoms with Crippen LogP contribution in [0.2, 0.25) is 0 Å². The summed E-state index contributed by atoms with van der Waals surface area (Å²) in [6.07, 6.45) is 4.37. The summed E-state index contributed by atoms with van der Waals surface area (Å²) in [6.45, 7) is 5.10. The van der Waals surface area contributed by atoms with E-state index in [-0.39, 0.29) is 0 Å². The summed E-state index contributed by atoms with van der Waals surface area (Å²) in [4.78, 5) is 11.3. The van der Waals surface area contributed by atoms with Crippen LogP contribution in [-0.4, -0.2) is 41.8 Å². The van der Waals surface area contributed by atoms with Gasteiger partial charge < -0.3 is 20.3 Å². The van der Waals surface area contributed by atoms with Gasteiger partial charge in [0.15, 0.2) is 5.11 Å². The number of anilines is 2. The standard InChI is InChI=1S/C21H29N5OS/c1-16-10-13-26(14-11-16)18-15-19(27-2)24-20(23-18)25-21(28)22-12-6-9-17-7-4-3-5-8-17/h3-5,7-8,15-16H,6,9-14H2,1-2H3,(H2,22,23,24,25,28). The summed E-state index contributed by atoms with van der Waals surface area (Å²) in [5, 5.41) is 6.85. The summed E-state index contributed by atoms with van der Waals surface area (Å²) in [5.41, 5.74) is 1.33. The number of aromatic nitrogens is 2. The predicted octanol–water partition coefficient (Wildman–Crippen LogP) is 3.64. The van der Waals surface area contributed by atoms with E-state index < -0.39 is 0 Å². The van der Waals surface area contributed by atoms with Crippen LogP contribution in [0.3, 0.4) is 0 Å². The van der Waals surface area contributed by atoms with E-state index >= 15 is 0 Å². The molecule has 2 aromatic rings. The minimum atomic E-state index is 0.466. The third-order valence-electron chi connectivity index (χ3n) is 5.00. The van der Waals surface area contributed by atoms with Crippen molar-refractivity contribution in [1.82, 2.24) is 15.3 Å². The molecular formula is C21H29N5OS. The second kappa shape index (κ2) is 10.2. The lowest BCUT2D eigenvalue weighted by Crippen LogP contribution is -2.34. The molecular weight excluding hydrogens is 370 g/mol. The van der Waals surface area contributed by atoms with Crippen molar-refractivity contribution in [3.63, 3.8) is 0 Å². The Morgan fingerprint density at radius 3 is 2.68 bits per heavy atom. The van der Waals surface area contributed by atoms with Crippen molar-refractivity contribution < 1.29 is 4.74 Å². The van der Waals surface area contributed by atoms with Crippen molar-refractivity contribution in [3.05, 3.63) is 42.0 Å². The minimum absolute atomic E-state index is 0.466. The van der Waals surface area contributed by atoms with E-state index in [4.69, 9.17) is 17.0 Å². The van der Waals surface area contributed by atoms with Gasteiger partial charge in [-0.05, 0) is 49.4 Å². The first kappa shape index (κ1) is 20.3. The molecule has 0 unspecified atom stereocenters. The molecule has 2 N–H and O–H groups in total. The van der Waals surface area contributed by atoms with E-state index in [0.717, 1.165) is 44.2 Å². The number of nitrogens with one attached hydrogen (secondary N) is 2. The second-order valence-corrected chi connectivity index (χ2v) is 7.64. The van der Waals surface area contributed by atoms with Crippen molar-refractivity contribution in [2.45, 2.75) is 32.6 Å². The van der Waals surface area contributed by atoms with Crippen LogP contribution in [0.5, 0.6) is 5.88 Å². The summed E-state index contributed by atoms with van der Waals surface area (Å²) < 4.78 is 5.36. The molecule has 0 radical (unpaired) electrons. The summed E-state index contributed by atoms with van der Waals surface area (Å²) >= 11 is 5.40. The van der Waals surface area contributed by atoms with Gasteiger partial charge in [0.2, 0.25) is 11.8 Å². The number of rotatable bonds is 7. The first-order valence-electron chi connectivity index (χ1n) is 9.91. The fraction of sp³-hybridized carbons (Fsp3) is 0.476. The largest absolute Gasteiger partial charge is 0.481 e. The summed E-state index contributed by atoms with van der Waals surface area (Å²) in [5.74, 6) is 2.66. The van der Waals surface area contributed by atoms with Gasteiger partial charge in [0.1, 0.15) is 5.82 Å². The van der Waals surface area contributed by atoms with Crippen molar-refractivity contribution >= 4 is 29.1 Å². The number of benzene rings is 1. The fourth-order valence-electron chi connectivity index (χ4n) is 3.26. The van der Waals surface area contributed by atoms with Gasteiger partial charge >= 0.3 is 0 Å². The maximum Gasteiger partial charge on any atom is 0.234 e. The van der Waals surface area contributed by atoms with Crippen LogP contribution in [0.25, 0.3) is 0 Å². The van der Waals surface area contributed by atoms with Crippen LogP contribution in [0.4, 0.5) is 11.8 Å². The zero-order valence-electron chi connectivity index (χ0n) is 16.6. The van der Waals surface area contributed by atoms with E-state index in [0.29, 0.717) is 16.9 Å². The normalized spacial score (nSPS) is 14.6. The van der Waals surface area contributed by atoms with Crippen molar-refractivity contribution in [3.8, 4) is 5.88 Å². The smallest absolute Gasteiger partial charge is 0.234 e. The number of thiocarbonyl (C=S) groups is 1. The molecule has 7 heteroatoms. The van der Waals surface area contributed by atoms with E-state index in [2.05, 4.69) is 56.7 Å². The number of hydrogen-bond acceptors (Lipinski definition) is 5. The molecule has 6 nitrogen and oxygen atoms in total. The lowest BCUT2D eigenvalue weighted by atomic mass is 9.99. The molecule has 1 aromatic carbocycles. The lowest BCUT2D eigenvalue weighted by molar-refractivity contribution is 0.396. The molecule has 1 aliphatic rings. The summed E-state index contributed by atoms with van der Waals surface area (Å²) in [7, 11) is 1.62. The van der Waals surface area contributed by atoms with E-state index in [9.17, 15) is 0 Å². The molecule has 0 atom stereocenters. The highest BCUT2D eigenvalue weighted by Crippen LogP contribution is 2.24. The number of piperidine rings is 1. The van der Waals surface area contributed by atoms with Gasteiger partial charge in [0.25, 0.3) is 0 Å². The molecule has 1 fully saturated rings. The Labute approximate surface area is 172 Å². The molecule has 150 valence electrons. The molecule has 0 aliphatic carbocycles. The SMILES string of the molecule is COc1cc(N2CCC(C)CC2)nc(NC(=S)NCCCc2ccccc2)n1.